The highest BCUT2D eigenvalue weighted by Gasteiger charge is 2.36. The summed E-state index contributed by atoms with van der Waals surface area (Å²) in [7, 11) is 1.74. The molecule has 0 saturated heterocycles. The smallest absolute Gasteiger partial charge is 0.291 e. The summed E-state index contributed by atoms with van der Waals surface area (Å²) in [6.45, 7) is 2.36. The summed E-state index contributed by atoms with van der Waals surface area (Å²) in [4.78, 5) is 27.5. The summed E-state index contributed by atoms with van der Waals surface area (Å²) in [5.74, 6) is -1.13. The highest BCUT2D eigenvalue weighted by molar-refractivity contribution is 6.52. The Morgan fingerprint density at radius 3 is 2.31 bits per heavy atom. The molecular formula is C19H17F3N2O2. The predicted octanol–water partition coefficient (Wildman–Crippen LogP) is 3.63. The molecule has 1 amide bonds. The van der Waals surface area contributed by atoms with Crippen LogP contribution in [0.5, 0.6) is 0 Å². The molecule has 2 aromatic carbocycles. The Hall–Kier alpha value is -2.67. The van der Waals surface area contributed by atoms with E-state index in [1.165, 1.54) is 17.0 Å². The number of hydrogen-bond donors (Lipinski definition) is 0. The molecule has 0 aromatic heterocycles. The second kappa shape index (κ2) is 6.57. The van der Waals surface area contributed by atoms with Gasteiger partial charge in [0, 0.05) is 6.54 Å². The number of benzene rings is 2. The maximum atomic E-state index is 12.6. The lowest BCUT2D eigenvalue weighted by Gasteiger charge is -2.24. The second-order valence-corrected chi connectivity index (χ2v) is 6.43. The first-order valence-electron chi connectivity index (χ1n) is 7.98. The number of carbonyl (C=O) groups excluding carboxylic acids is 2. The van der Waals surface area contributed by atoms with Crippen molar-refractivity contribution in [3.63, 3.8) is 0 Å². The molecule has 7 heteroatoms. The highest BCUT2D eigenvalue weighted by atomic mass is 19.4. The lowest BCUT2D eigenvalue weighted by molar-refractivity contribution is -0.137. The van der Waals surface area contributed by atoms with E-state index in [-0.39, 0.29) is 6.67 Å². The van der Waals surface area contributed by atoms with Crippen LogP contribution in [-0.4, -0.2) is 30.3 Å². The third-order valence-corrected chi connectivity index (χ3v) is 4.24. The molecule has 0 atom stereocenters. The van der Waals surface area contributed by atoms with Crippen LogP contribution >= 0.6 is 0 Å². The van der Waals surface area contributed by atoms with Crippen LogP contribution in [0.25, 0.3) is 0 Å². The lowest BCUT2D eigenvalue weighted by Crippen LogP contribution is -2.38. The quantitative estimate of drug-likeness (QED) is 0.780. The Labute approximate surface area is 148 Å². The zero-order valence-electron chi connectivity index (χ0n) is 14.3. The number of rotatable bonds is 4. The van der Waals surface area contributed by atoms with Gasteiger partial charge in [0.15, 0.2) is 0 Å². The largest absolute Gasteiger partial charge is 0.416 e. The Bertz CT molecular complexity index is 860. The van der Waals surface area contributed by atoms with E-state index < -0.39 is 23.4 Å². The Balaban J connectivity index is 1.72. The number of Topliss-reactive ketones (excluding diaryl/α,β-unsaturated/α-hetero) is 1. The normalized spacial score (nSPS) is 14.3. The van der Waals surface area contributed by atoms with Crippen LogP contribution < -0.4 is 4.90 Å². The van der Waals surface area contributed by atoms with E-state index in [1.54, 1.807) is 24.1 Å². The van der Waals surface area contributed by atoms with E-state index in [4.69, 9.17) is 0 Å². The zero-order chi connectivity index (χ0) is 19.1. The van der Waals surface area contributed by atoms with Crippen molar-refractivity contribution in [3.8, 4) is 0 Å². The molecule has 136 valence electrons. The molecule has 0 saturated carbocycles. The zero-order valence-corrected chi connectivity index (χ0v) is 14.3. The number of alkyl halides is 3. The van der Waals surface area contributed by atoms with Crippen molar-refractivity contribution in [3.05, 3.63) is 64.7 Å². The maximum Gasteiger partial charge on any atom is 0.416 e. The third kappa shape index (κ3) is 3.48. The average molecular weight is 362 g/mol. The molecule has 3 rings (SSSR count). The van der Waals surface area contributed by atoms with Gasteiger partial charge in [-0.3, -0.25) is 19.4 Å². The Kier molecular flexibility index (Phi) is 4.58. The Morgan fingerprint density at radius 2 is 1.69 bits per heavy atom. The topological polar surface area (TPSA) is 40.6 Å². The van der Waals surface area contributed by atoms with E-state index in [0.717, 1.165) is 17.7 Å². The van der Waals surface area contributed by atoms with Gasteiger partial charge in [-0.2, -0.15) is 13.2 Å². The molecular weight excluding hydrogens is 345 g/mol. The number of fused-ring (bicyclic) bond motifs is 1. The molecule has 1 aliphatic rings. The van der Waals surface area contributed by atoms with Gasteiger partial charge in [0.05, 0.1) is 23.5 Å². The summed E-state index contributed by atoms with van der Waals surface area (Å²) in [5.41, 5.74) is 1.82. The van der Waals surface area contributed by atoms with Crippen molar-refractivity contribution in [2.45, 2.75) is 19.6 Å². The number of amides is 1. The number of hydrogen-bond acceptors (Lipinski definition) is 3. The first-order valence-corrected chi connectivity index (χ1v) is 7.98. The number of aryl methyl sites for hydroxylation is 1. The minimum absolute atomic E-state index is 0.168. The number of anilines is 1. The van der Waals surface area contributed by atoms with Crippen molar-refractivity contribution in [1.82, 2.24) is 4.90 Å². The Morgan fingerprint density at radius 1 is 1.04 bits per heavy atom. The molecule has 1 aliphatic heterocycles. The van der Waals surface area contributed by atoms with E-state index in [9.17, 15) is 22.8 Å². The van der Waals surface area contributed by atoms with Gasteiger partial charge in [-0.05, 0) is 43.8 Å². The van der Waals surface area contributed by atoms with Crippen LogP contribution in [0.2, 0.25) is 0 Å². The standard InChI is InChI=1S/C19H17F3N2O2/c1-12-3-8-16-15(9-12)17(25)18(26)24(16)11-23(2)10-13-4-6-14(7-5-13)19(20,21)22/h3-9H,10-11H2,1-2H3. The third-order valence-electron chi connectivity index (χ3n) is 4.24. The second-order valence-electron chi connectivity index (χ2n) is 6.43. The number of carbonyl (C=O) groups is 2. The van der Waals surface area contributed by atoms with Gasteiger partial charge in [0.25, 0.3) is 5.78 Å². The van der Waals surface area contributed by atoms with Gasteiger partial charge in [0.2, 0.25) is 0 Å². The van der Waals surface area contributed by atoms with Crippen molar-refractivity contribution in [1.29, 1.82) is 0 Å². The summed E-state index contributed by atoms with van der Waals surface area (Å²) < 4.78 is 37.8. The highest BCUT2D eigenvalue weighted by Crippen LogP contribution is 2.31. The van der Waals surface area contributed by atoms with Crippen LogP contribution in [-0.2, 0) is 17.5 Å². The molecule has 0 bridgehead atoms. The molecule has 1 heterocycles. The minimum atomic E-state index is -4.37. The first-order chi connectivity index (χ1) is 12.2. The summed E-state index contributed by atoms with van der Waals surface area (Å²) >= 11 is 0. The molecule has 0 unspecified atom stereocenters. The number of halogens is 3. The SMILES string of the molecule is Cc1ccc2c(c1)C(=O)C(=O)N2CN(C)Cc1ccc(C(F)(F)F)cc1. The van der Waals surface area contributed by atoms with Crippen LogP contribution in [0, 0.1) is 6.92 Å². The molecule has 4 nitrogen and oxygen atoms in total. The summed E-state index contributed by atoms with van der Waals surface area (Å²) in [6.07, 6.45) is -4.37. The van der Waals surface area contributed by atoms with Crippen molar-refractivity contribution in [2.24, 2.45) is 0 Å². The van der Waals surface area contributed by atoms with Gasteiger partial charge in [0.1, 0.15) is 0 Å². The minimum Gasteiger partial charge on any atom is -0.291 e. The van der Waals surface area contributed by atoms with Crippen molar-refractivity contribution < 1.29 is 22.8 Å². The monoisotopic (exact) mass is 362 g/mol. The first kappa shape index (κ1) is 18.1. The van der Waals surface area contributed by atoms with E-state index in [2.05, 4.69) is 0 Å². The van der Waals surface area contributed by atoms with E-state index in [0.29, 0.717) is 23.4 Å². The van der Waals surface area contributed by atoms with Gasteiger partial charge >= 0.3 is 12.1 Å². The van der Waals surface area contributed by atoms with E-state index >= 15 is 0 Å². The molecule has 0 fully saturated rings. The van der Waals surface area contributed by atoms with E-state index in [1.807, 2.05) is 13.0 Å². The number of nitrogens with zero attached hydrogens (tertiary/aromatic N) is 2. The fourth-order valence-corrected chi connectivity index (χ4v) is 2.96. The van der Waals surface area contributed by atoms with Gasteiger partial charge in [-0.15, -0.1) is 0 Å². The molecule has 2 aromatic rings. The summed E-state index contributed by atoms with van der Waals surface area (Å²) in [5, 5.41) is 0. The predicted molar refractivity (Wildman–Crippen MR) is 90.8 cm³/mol. The molecule has 0 N–H and O–H groups in total. The summed E-state index contributed by atoms with van der Waals surface area (Å²) in [6, 6.07) is 10.1. The molecule has 0 radical (unpaired) electrons. The molecule has 26 heavy (non-hydrogen) atoms. The van der Waals surface area contributed by atoms with Gasteiger partial charge in [-0.1, -0.05) is 23.8 Å². The molecule has 0 spiro atoms. The van der Waals surface area contributed by atoms with Gasteiger partial charge in [-0.25, -0.2) is 0 Å². The van der Waals surface area contributed by atoms with Crippen LogP contribution in [0.1, 0.15) is 27.0 Å². The fraction of sp³-hybridized carbons (Fsp3) is 0.263. The van der Waals surface area contributed by atoms with Crippen LogP contribution in [0.3, 0.4) is 0 Å². The average Bonchev–Trinajstić information content (AvgIpc) is 2.79. The van der Waals surface area contributed by atoms with Crippen molar-refractivity contribution in [2.75, 3.05) is 18.6 Å². The van der Waals surface area contributed by atoms with Gasteiger partial charge < -0.3 is 0 Å². The number of ketones is 1. The lowest BCUT2D eigenvalue weighted by atomic mass is 10.1. The van der Waals surface area contributed by atoms with Crippen molar-refractivity contribution >= 4 is 17.4 Å². The van der Waals surface area contributed by atoms with Crippen LogP contribution in [0.4, 0.5) is 18.9 Å². The fourth-order valence-electron chi connectivity index (χ4n) is 2.96. The molecule has 0 aliphatic carbocycles. The maximum absolute atomic E-state index is 12.6. The van der Waals surface area contributed by atoms with Crippen LogP contribution in [0.15, 0.2) is 42.5 Å².